The zero-order chi connectivity index (χ0) is 13.7. The molecule has 1 heterocycles. The van der Waals surface area contributed by atoms with Crippen molar-refractivity contribution in [3.8, 4) is 0 Å². The van der Waals surface area contributed by atoms with E-state index in [9.17, 15) is 4.79 Å². The topological polar surface area (TPSA) is 55.8 Å². The Kier molecular flexibility index (Phi) is 4.93. The SMILES string of the molecule is C[C@@H]1C[C@@H](OCc2ccccc2)C[C@H](CC(=O)O)O1. The third kappa shape index (κ3) is 4.65. The molecule has 1 aliphatic rings. The summed E-state index contributed by atoms with van der Waals surface area (Å²) in [5, 5.41) is 8.83. The van der Waals surface area contributed by atoms with E-state index in [1.165, 1.54) is 0 Å². The minimum atomic E-state index is -0.819. The summed E-state index contributed by atoms with van der Waals surface area (Å²) in [5.41, 5.74) is 1.14. The monoisotopic (exact) mass is 264 g/mol. The third-order valence-electron chi connectivity index (χ3n) is 3.28. The first-order chi connectivity index (χ1) is 9.13. The normalized spacial score (nSPS) is 27.1. The predicted octanol–water partition coefficient (Wildman–Crippen LogP) is 2.61. The second-order valence-corrected chi connectivity index (χ2v) is 5.06. The smallest absolute Gasteiger partial charge is 0.305 e. The van der Waals surface area contributed by atoms with E-state index < -0.39 is 5.97 Å². The van der Waals surface area contributed by atoms with E-state index in [2.05, 4.69) is 0 Å². The molecule has 0 radical (unpaired) electrons. The average Bonchev–Trinajstić information content (AvgIpc) is 2.36. The maximum absolute atomic E-state index is 10.7. The molecule has 1 saturated heterocycles. The van der Waals surface area contributed by atoms with Crippen LogP contribution in [-0.2, 0) is 20.9 Å². The molecule has 0 aliphatic carbocycles. The molecule has 1 fully saturated rings. The molecule has 0 saturated carbocycles. The molecule has 1 aromatic carbocycles. The summed E-state index contributed by atoms with van der Waals surface area (Å²) in [5.74, 6) is -0.819. The quantitative estimate of drug-likeness (QED) is 0.888. The molecule has 0 aromatic heterocycles. The lowest BCUT2D eigenvalue weighted by Gasteiger charge is -2.33. The highest BCUT2D eigenvalue weighted by molar-refractivity contribution is 5.67. The Labute approximate surface area is 113 Å². The standard InChI is InChI=1S/C15H20O4/c1-11-7-13(8-14(19-11)9-15(16)17)18-10-12-5-3-2-4-6-12/h2-6,11,13-14H,7-10H2,1H3,(H,16,17)/t11-,13-,14-/m1/s1. The summed E-state index contributed by atoms with van der Waals surface area (Å²) < 4.78 is 11.5. The first-order valence-electron chi connectivity index (χ1n) is 6.66. The predicted molar refractivity (Wildman–Crippen MR) is 70.8 cm³/mol. The van der Waals surface area contributed by atoms with Gasteiger partial charge in [0.25, 0.3) is 0 Å². The molecule has 0 unspecified atom stereocenters. The van der Waals surface area contributed by atoms with Gasteiger partial charge in [-0.2, -0.15) is 0 Å². The van der Waals surface area contributed by atoms with Crippen molar-refractivity contribution < 1.29 is 19.4 Å². The van der Waals surface area contributed by atoms with E-state index in [-0.39, 0.29) is 24.7 Å². The Hall–Kier alpha value is -1.39. The summed E-state index contributed by atoms with van der Waals surface area (Å²) in [4.78, 5) is 10.7. The maximum Gasteiger partial charge on any atom is 0.305 e. The first kappa shape index (κ1) is 14.0. The highest BCUT2D eigenvalue weighted by Crippen LogP contribution is 2.24. The molecule has 4 nitrogen and oxygen atoms in total. The number of benzene rings is 1. The fourth-order valence-electron chi connectivity index (χ4n) is 2.45. The van der Waals surface area contributed by atoms with Crippen LogP contribution < -0.4 is 0 Å². The van der Waals surface area contributed by atoms with Crippen LogP contribution in [0.3, 0.4) is 0 Å². The molecule has 4 heteroatoms. The van der Waals surface area contributed by atoms with Crippen LogP contribution in [0, 0.1) is 0 Å². The van der Waals surface area contributed by atoms with Gasteiger partial charge < -0.3 is 14.6 Å². The highest BCUT2D eigenvalue weighted by Gasteiger charge is 2.29. The summed E-state index contributed by atoms with van der Waals surface area (Å²) >= 11 is 0. The molecule has 104 valence electrons. The molecule has 0 spiro atoms. The molecule has 2 rings (SSSR count). The average molecular weight is 264 g/mol. The van der Waals surface area contributed by atoms with E-state index in [1.54, 1.807) is 0 Å². The number of carbonyl (C=O) groups is 1. The number of hydrogen-bond donors (Lipinski definition) is 1. The molecular formula is C15H20O4. The maximum atomic E-state index is 10.7. The van der Waals surface area contributed by atoms with E-state index >= 15 is 0 Å². The lowest BCUT2D eigenvalue weighted by molar-refractivity contribution is -0.149. The van der Waals surface area contributed by atoms with Gasteiger partial charge in [-0.05, 0) is 18.9 Å². The second-order valence-electron chi connectivity index (χ2n) is 5.06. The van der Waals surface area contributed by atoms with E-state index in [0.717, 1.165) is 12.0 Å². The fraction of sp³-hybridized carbons (Fsp3) is 0.533. The van der Waals surface area contributed by atoms with Crippen LogP contribution in [0.15, 0.2) is 30.3 Å². The highest BCUT2D eigenvalue weighted by atomic mass is 16.5. The zero-order valence-corrected chi connectivity index (χ0v) is 11.1. The first-order valence-corrected chi connectivity index (χ1v) is 6.66. The van der Waals surface area contributed by atoms with Crippen molar-refractivity contribution in [3.63, 3.8) is 0 Å². The van der Waals surface area contributed by atoms with Crippen LogP contribution in [0.2, 0.25) is 0 Å². The fourth-order valence-corrected chi connectivity index (χ4v) is 2.45. The molecule has 1 aliphatic heterocycles. The molecule has 0 amide bonds. The van der Waals surface area contributed by atoms with Crippen LogP contribution in [0.1, 0.15) is 31.7 Å². The molecule has 1 N–H and O–H groups in total. The van der Waals surface area contributed by atoms with Crippen molar-refractivity contribution in [1.29, 1.82) is 0 Å². The lowest BCUT2D eigenvalue weighted by Crippen LogP contribution is -2.36. The third-order valence-corrected chi connectivity index (χ3v) is 3.28. The van der Waals surface area contributed by atoms with Crippen LogP contribution in [0.4, 0.5) is 0 Å². The minimum Gasteiger partial charge on any atom is -0.481 e. The van der Waals surface area contributed by atoms with Crippen LogP contribution in [-0.4, -0.2) is 29.4 Å². The zero-order valence-electron chi connectivity index (χ0n) is 11.1. The number of aliphatic carboxylic acids is 1. The number of carboxylic acid groups (broad SMARTS) is 1. The Balaban J connectivity index is 1.84. The van der Waals surface area contributed by atoms with Gasteiger partial charge in [-0.25, -0.2) is 0 Å². The molecule has 0 bridgehead atoms. The van der Waals surface area contributed by atoms with Gasteiger partial charge >= 0.3 is 5.97 Å². The van der Waals surface area contributed by atoms with Crippen LogP contribution in [0.5, 0.6) is 0 Å². The van der Waals surface area contributed by atoms with E-state index in [4.69, 9.17) is 14.6 Å². The second kappa shape index (κ2) is 6.68. The lowest BCUT2D eigenvalue weighted by atomic mass is 9.99. The van der Waals surface area contributed by atoms with Crippen LogP contribution >= 0.6 is 0 Å². The van der Waals surface area contributed by atoms with Gasteiger partial charge in [0.05, 0.1) is 31.3 Å². The summed E-state index contributed by atoms with van der Waals surface area (Å²) in [7, 11) is 0. The van der Waals surface area contributed by atoms with Gasteiger partial charge in [0.15, 0.2) is 0 Å². The minimum absolute atomic E-state index is 0.0511. The van der Waals surface area contributed by atoms with Gasteiger partial charge in [0.2, 0.25) is 0 Å². The Bertz CT molecular complexity index is 404. The number of carboxylic acids is 1. The van der Waals surface area contributed by atoms with Crippen molar-refractivity contribution >= 4 is 5.97 Å². The van der Waals surface area contributed by atoms with Gasteiger partial charge in [0, 0.05) is 6.42 Å². The van der Waals surface area contributed by atoms with Crippen molar-refractivity contribution in [2.45, 2.75) is 51.1 Å². The Morgan fingerprint density at radius 3 is 2.79 bits per heavy atom. The summed E-state index contributed by atoms with van der Waals surface area (Å²) in [6.07, 6.45) is 1.43. The Morgan fingerprint density at radius 1 is 1.37 bits per heavy atom. The van der Waals surface area contributed by atoms with Gasteiger partial charge in [-0.15, -0.1) is 0 Å². The number of rotatable bonds is 5. The van der Waals surface area contributed by atoms with Crippen molar-refractivity contribution in [1.82, 2.24) is 0 Å². The van der Waals surface area contributed by atoms with Crippen LogP contribution in [0.25, 0.3) is 0 Å². The van der Waals surface area contributed by atoms with Gasteiger partial charge in [-0.1, -0.05) is 30.3 Å². The largest absolute Gasteiger partial charge is 0.481 e. The molecule has 19 heavy (non-hydrogen) atoms. The Morgan fingerprint density at radius 2 is 2.11 bits per heavy atom. The molecular weight excluding hydrogens is 244 g/mol. The van der Waals surface area contributed by atoms with E-state index in [1.807, 2.05) is 37.3 Å². The number of hydrogen-bond acceptors (Lipinski definition) is 3. The van der Waals surface area contributed by atoms with Crippen molar-refractivity contribution in [3.05, 3.63) is 35.9 Å². The van der Waals surface area contributed by atoms with Gasteiger partial charge in [-0.3, -0.25) is 4.79 Å². The van der Waals surface area contributed by atoms with Gasteiger partial charge in [0.1, 0.15) is 0 Å². The summed E-state index contributed by atoms with van der Waals surface area (Å²) in [6, 6.07) is 9.99. The van der Waals surface area contributed by atoms with E-state index in [0.29, 0.717) is 13.0 Å². The molecule has 1 aromatic rings. The van der Waals surface area contributed by atoms with Crippen molar-refractivity contribution in [2.75, 3.05) is 0 Å². The number of ether oxygens (including phenoxy) is 2. The summed E-state index contributed by atoms with van der Waals surface area (Å²) in [6.45, 7) is 2.53. The molecule has 3 atom stereocenters. The van der Waals surface area contributed by atoms with Crippen molar-refractivity contribution in [2.24, 2.45) is 0 Å².